The summed E-state index contributed by atoms with van der Waals surface area (Å²) in [5, 5.41) is 8.89. The number of benzene rings is 3. The van der Waals surface area contributed by atoms with E-state index in [0.717, 1.165) is 27.8 Å². The number of carbonyl (C=O) groups excluding carboxylic acids is 3. The van der Waals surface area contributed by atoms with Crippen LogP contribution in [0.5, 0.6) is 0 Å². The van der Waals surface area contributed by atoms with Crippen molar-refractivity contribution < 1.29 is 23.5 Å². The smallest absolute Gasteiger partial charge is 0.251 e. The molecule has 0 unspecified atom stereocenters. The number of nitrogens with zero attached hydrogens (tertiary/aromatic N) is 2. The Morgan fingerprint density at radius 2 is 1.15 bits per heavy atom. The third kappa shape index (κ3) is 8.39. The Balaban J connectivity index is 1.31. The average Bonchev–Trinajstić information content (AvgIpc) is 3.09. The van der Waals surface area contributed by atoms with Crippen molar-refractivity contribution in [3.63, 3.8) is 0 Å². The SMILES string of the molecule is CC(C)C[C@@H]1NC(=O)[C@H](Cc2ccccc2)NC(=O)c2ccc(cc2)C[n+]2ccc(cc2)-c2cc[n+](cc2)Cc2ccc(cc2)NC1=O. The minimum Gasteiger partial charge on any atom is -0.342 e. The zero-order valence-corrected chi connectivity index (χ0v) is 27.3. The second kappa shape index (κ2) is 14.9. The molecule has 5 aromatic rings. The monoisotopic (exact) mass is 639 g/mol. The highest BCUT2D eigenvalue weighted by Crippen LogP contribution is 2.17. The first-order valence-electron chi connectivity index (χ1n) is 16.4. The van der Waals surface area contributed by atoms with Crippen LogP contribution < -0.4 is 25.1 Å². The molecule has 2 aromatic heterocycles. The van der Waals surface area contributed by atoms with Gasteiger partial charge >= 0.3 is 0 Å². The average molecular weight is 640 g/mol. The summed E-state index contributed by atoms with van der Waals surface area (Å²) in [6, 6.07) is 31.4. The summed E-state index contributed by atoms with van der Waals surface area (Å²) in [6.45, 7) is 5.35. The first-order chi connectivity index (χ1) is 23.3. The molecule has 242 valence electrons. The van der Waals surface area contributed by atoms with Crippen LogP contribution in [0.1, 0.15) is 47.3 Å². The maximum atomic E-state index is 13.8. The Kier molecular flexibility index (Phi) is 10.0. The zero-order valence-electron chi connectivity index (χ0n) is 27.3. The van der Waals surface area contributed by atoms with E-state index in [1.54, 1.807) is 12.1 Å². The highest BCUT2D eigenvalue weighted by molar-refractivity contribution is 6.00. The van der Waals surface area contributed by atoms with Crippen molar-refractivity contribution >= 4 is 23.4 Å². The second-order valence-corrected chi connectivity index (χ2v) is 12.8. The molecular weight excluding hydrogens is 598 g/mol. The van der Waals surface area contributed by atoms with E-state index in [9.17, 15) is 14.4 Å². The highest BCUT2D eigenvalue weighted by atomic mass is 16.2. The standard InChI is InChI=1S/C40H39N5O3/c1-28(2)24-36-39(47)41-35-14-10-31(11-15-35)27-45-22-18-33(19-23-45)32-16-20-44(21-17-32)26-30-8-12-34(13-9-30)38(46)42-37(40(48)43-36)25-29-6-4-3-5-7-29/h3-23,28,36-37H,24-27H2,1-2H3,(H-2,41,42,43,46,47,48)/p+2/t36-,37-/m0/s1. The lowest BCUT2D eigenvalue weighted by molar-refractivity contribution is -0.688. The number of amides is 3. The fraction of sp³-hybridized carbons (Fsp3) is 0.225. The Morgan fingerprint density at radius 1 is 0.604 bits per heavy atom. The summed E-state index contributed by atoms with van der Waals surface area (Å²) in [5.41, 5.74) is 6.38. The van der Waals surface area contributed by atoms with E-state index in [0.29, 0.717) is 30.8 Å². The fourth-order valence-corrected chi connectivity index (χ4v) is 5.89. The van der Waals surface area contributed by atoms with E-state index in [1.165, 1.54) is 0 Å². The van der Waals surface area contributed by atoms with Crippen molar-refractivity contribution in [2.24, 2.45) is 5.92 Å². The van der Waals surface area contributed by atoms with Gasteiger partial charge in [0.1, 0.15) is 12.1 Å². The maximum Gasteiger partial charge on any atom is 0.251 e. The van der Waals surface area contributed by atoms with Gasteiger partial charge in [-0.25, -0.2) is 9.13 Å². The van der Waals surface area contributed by atoms with Crippen molar-refractivity contribution in [2.75, 3.05) is 5.32 Å². The first-order valence-corrected chi connectivity index (χ1v) is 16.4. The van der Waals surface area contributed by atoms with Gasteiger partial charge in [-0.3, -0.25) is 14.4 Å². The van der Waals surface area contributed by atoms with E-state index >= 15 is 0 Å². The van der Waals surface area contributed by atoms with Gasteiger partial charge in [-0.15, -0.1) is 0 Å². The van der Waals surface area contributed by atoms with Crippen LogP contribution in [0.3, 0.4) is 0 Å². The molecule has 3 amide bonds. The molecule has 0 radical (unpaired) electrons. The second-order valence-electron chi connectivity index (χ2n) is 12.8. The number of anilines is 1. The van der Waals surface area contributed by atoms with E-state index in [1.807, 2.05) is 80.6 Å². The molecule has 0 saturated carbocycles. The Bertz CT molecular complexity index is 1850. The van der Waals surface area contributed by atoms with Gasteiger partial charge in [-0.1, -0.05) is 68.4 Å². The molecule has 8 heteroatoms. The molecule has 3 aromatic carbocycles. The van der Waals surface area contributed by atoms with Crippen LogP contribution in [0.4, 0.5) is 5.69 Å². The third-order valence-corrected chi connectivity index (χ3v) is 8.53. The lowest BCUT2D eigenvalue weighted by Crippen LogP contribution is -2.53. The Hall–Kier alpha value is -5.63. The molecule has 3 N–H and O–H groups in total. The van der Waals surface area contributed by atoms with Crippen LogP contribution in [0.25, 0.3) is 11.1 Å². The third-order valence-electron chi connectivity index (χ3n) is 8.53. The molecule has 0 fully saturated rings. The van der Waals surface area contributed by atoms with Crippen LogP contribution >= 0.6 is 0 Å². The molecule has 11 rings (SSSR count). The largest absolute Gasteiger partial charge is 0.342 e. The molecule has 8 bridgehead atoms. The van der Waals surface area contributed by atoms with E-state index in [4.69, 9.17) is 0 Å². The molecule has 2 atom stereocenters. The van der Waals surface area contributed by atoms with Crippen LogP contribution in [0.15, 0.2) is 128 Å². The summed E-state index contributed by atoms with van der Waals surface area (Å²) >= 11 is 0. The van der Waals surface area contributed by atoms with E-state index < -0.39 is 18.0 Å². The van der Waals surface area contributed by atoms with Crippen LogP contribution in [0, 0.1) is 5.92 Å². The number of nitrogens with one attached hydrogen (secondary N) is 3. The number of hydrogen-bond donors (Lipinski definition) is 3. The topological polar surface area (TPSA) is 95.1 Å². The van der Waals surface area contributed by atoms with Gasteiger partial charge in [0.2, 0.25) is 11.8 Å². The van der Waals surface area contributed by atoms with Crippen molar-refractivity contribution in [3.05, 3.63) is 150 Å². The molecule has 8 nitrogen and oxygen atoms in total. The first kappa shape index (κ1) is 32.3. The number of pyridine rings is 2. The van der Waals surface area contributed by atoms with Gasteiger partial charge < -0.3 is 16.0 Å². The van der Waals surface area contributed by atoms with Gasteiger partial charge in [0.25, 0.3) is 5.91 Å². The molecule has 0 saturated heterocycles. The fourth-order valence-electron chi connectivity index (χ4n) is 5.89. The molecular formula is C40H41N5O3+2. The number of carbonyl (C=O) groups is 3. The minimum absolute atomic E-state index is 0.142. The minimum atomic E-state index is -0.889. The van der Waals surface area contributed by atoms with Crippen LogP contribution in [-0.4, -0.2) is 29.8 Å². The Labute approximate surface area is 281 Å². The van der Waals surface area contributed by atoms with E-state index in [-0.39, 0.29) is 24.2 Å². The summed E-state index contributed by atoms with van der Waals surface area (Å²) in [7, 11) is 0. The summed E-state index contributed by atoms with van der Waals surface area (Å²) < 4.78 is 4.21. The Morgan fingerprint density at radius 3 is 1.69 bits per heavy atom. The quantitative estimate of drug-likeness (QED) is 0.246. The molecule has 8 heterocycles. The van der Waals surface area contributed by atoms with Gasteiger partial charge in [0.05, 0.1) is 0 Å². The maximum absolute atomic E-state index is 13.8. The van der Waals surface area contributed by atoms with E-state index in [2.05, 4.69) is 74.1 Å². The summed E-state index contributed by atoms with van der Waals surface area (Å²) in [5.74, 6) is -0.930. The normalized spacial score (nSPS) is 16.9. The zero-order chi connectivity index (χ0) is 33.5. The van der Waals surface area contributed by atoms with Crippen molar-refractivity contribution in [1.29, 1.82) is 0 Å². The number of aromatic nitrogens is 2. The number of rotatable bonds is 4. The van der Waals surface area contributed by atoms with Gasteiger partial charge in [0, 0.05) is 53.1 Å². The van der Waals surface area contributed by atoms with Crippen molar-refractivity contribution in [3.8, 4) is 11.1 Å². The highest BCUT2D eigenvalue weighted by Gasteiger charge is 2.28. The predicted octanol–water partition coefficient (Wildman–Crippen LogP) is 4.85. The predicted molar refractivity (Wildman–Crippen MR) is 185 cm³/mol. The van der Waals surface area contributed by atoms with Crippen LogP contribution in [0.2, 0.25) is 0 Å². The molecule has 6 aliphatic rings. The molecule has 6 aliphatic heterocycles. The van der Waals surface area contributed by atoms with Gasteiger partial charge in [0.15, 0.2) is 37.9 Å². The van der Waals surface area contributed by atoms with Crippen molar-refractivity contribution in [1.82, 2.24) is 10.6 Å². The molecule has 48 heavy (non-hydrogen) atoms. The summed E-state index contributed by atoms with van der Waals surface area (Å²) in [6.07, 6.45) is 8.97. The number of hydrogen-bond acceptors (Lipinski definition) is 3. The summed E-state index contributed by atoms with van der Waals surface area (Å²) in [4.78, 5) is 40.9. The lowest BCUT2D eigenvalue weighted by atomic mass is 10.0. The molecule has 0 aliphatic carbocycles. The van der Waals surface area contributed by atoms with Crippen LogP contribution in [-0.2, 0) is 29.1 Å². The molecule has 0 spiro atoms. The number of fused-ring (bicyclic) bond motifs is 2. The van der Waals surface area contributed by atoms with Gasteiger partial charge in [-0.05, 0) is 53.3 Å². The van der Waals surface area contributed by atoms with Crippen molar-refractivity contribution in [2.45, 2.75) is 51.9 Å². The lowest BCUT2D eigenvalue weighted by Gasteiger charge is -2.24. The van der Waals surface area contributed by atoms with Gasteiger partial charge in [-0.2, -0.15) is 0 Å².